The third-order valence-corrected chi connectivity index (χ3v) is 6.79. The number of rotatable bonds is 4. The normalized spacial score (nSPS) is 17.1. The highest BCUT2D eigenvalue weighted by Gasteiger charge is 2.25. The molecule has 6 nitrogen and oxygen atoms in total. The summed E-state index contributed by atoms with van der Waals surface area (Å²) in [5, 5.41) is 9.59. The van der Waals surface area contributed by atoms with E-state index in [1.54, 1.807) is 29.1 Å². The molecule has 0 fully saturated rings. The van der Waals surface area contributed by atoms with Gasteiger partial charge in [-0.1, -0.05) is 13.3 Å². The third-order valence-electron chi connectivity index (χ3n) is 5.62. The topological polar surface area (TPSA) is 60.9 Å². The first-order chi connectivity index (χ1) is 13.5. The summed E-state index contributed by atoms with van der Waals surface area (Å²) in [6, 6.07) is 1.40. The monoisotopic (exact) mass is 402 g/mol. The van der Waals surface area contributed by atoms with E-state index < -0.39 is 6.43 Å². The minimum absolute atomic E-state index is 0.220. The van der Waals surface area contributed by atoms with Crippen molar-refractivity contribution in [3.63, 3.8) is 0 Å². The van der Waals surface area contributed by atoms with E-state index >= 15 is 0 Å². The number of halogens is 2. The second-order valence-electron chi connectivity index (χ2n) is 7.41. The maximum absolute atomic E-state index is 12.9. The molecule has 146 valence electrons. The lowest BCUT2D eigenvalue weighted by Crippen LogP contribution is -2.11. The van der Waals surface area contributed by atoms with Crippen LogP contribution in [-0.2, 0) is 19.4 Å². The highest BCUT2D eigenvalue weighted by Crippen LogP contribution is 2.39. The van der Waals surface area contributed by atoms with Gasteiger partial charge >= 0.3 is 0 Å². The fourth-order valence-corrected chi connectivity index (χ4v) is 5.33. The fraction of sp³-hybridized carbons (Fsp3) is 0.474. The van der Waals surface area contributed by atoms with Crippen molar-refractivity contribution >= 4 is 27.2 Å². The Hall–Kier alpha value is -2.42. The second kappa shape index (κ2) is 6.58. The lowest BCUT2D eigenvalue weighted by molar-refractivity contribution is 0.145. The Morgan fingerprint density at radius 2 is 2.18 bits per heavy atom. The van der Waals surface area contributed by atoms with Gasteiger partial charge in [0.05, 0.1) is 5.39 Å². The van der Waals surface area contributed by atoms with Crippen molar-refractivity contribution in [3.8, 4) is 0 Å². The zero-order chi connectivity index (χ0) is 19.4. The van der Waals surface area contributed by atoms with E-state index in [9.17, 15) is 8.78 Å². The number of nitrogens with zero attached hydrogens (tertiary/aromatic N) is 6. The van der Waals surface area contributed by atoms with Gasteiger partial charge in [-0.05, 0) is 43.7 Å². The maximum Gasteiger partial charge on any atom is 0.282 e. The van der Waals surface area contributed by atoms with E-state index in [-0.39, 0.29) is 12.2 Å². The van der Waals surface area contributed by atoms with E-state index in [2.05, 4.69) is 22.1 Å². The van der Waals surface area contributed by atoms with E-state index in [1.165, 1.54) is 34.0 Å². The predicted octanol–water partition coefficient (Wildman–Crippen LogP) is 4.34. The summed E-state index contributed by atoms with van der Waals surface area (Å²) in [5.41, 5.74) is 2.60. The largest absolute Gasteiger partial charge is 0.282 e. The van der Waals surface area contributed by atoms with Crippen molar-refractivity contribution in [1.82, 2.24) is 29.4 Å². The maximum atomic E-state index is 12.9. The summed E-state index contributed by atoms with van der Waals surface area (Å²) in [4.78, 5) is 11.7. The lowest BCUT2D eigenvalue weighted by Gasteiger charge is -2.20. The summed E-state index contributed by atoms with van der Waals surface area (Å²) >= 11 is 1.76. The summed E-state index contributed by atoms with van der Waals surface area (Å²) in [7, 11) is 0. The second-order valence-corrected chi connectivity index (χ2v) is 8.49. The Balaban J connectivity index is 1.56. The number of alkyl halides is 2. The Bertz CT molecular complexity index is 1170. The fourth-order valence-electron chi connectivity index (χ4n) is 4.04. The van der Waals surface area contributed by atoms with Crippen LogP contribution in [0.15, 0.2) is 12.4 Å². The average molecular weight is 402 g/mol. The minimum atomic E-state index is -2.58. The SMILES string of the molecule is CC[C@H]1CCc2c(sc3ncn4nc(Cn5nc(C(F)F)cc5C)nc4c23)C1. The number of hydrogen-bond acceptors (Lipinski definition) is 5. The molecule has 4 heterocycles. The van der Waals surface area contributed by atoms with E-state index in [0.717, 1.165) is 34.6 Å². The van der Waals surface area contributed by atoms with Crippen LogP contribution in [-0.4, -0.2) is 29.4 Å². The Labute approximate surface area is 164 Å². The molecule has 28 heavy (non-hydrogen) atoms. The van der Waals surface area contributed by atoms with Crippen LogP contribution in [0.25, 0.3) is 15.9 Å². The van der Waals surface area contributed by atoms with Crippen LogP contribution < -0.4 is 0 Å². The van der Waals surface area contributed by atoms with E-state index in [0.29, 0.717) is 11.5 Å². The molecule has 1 atom stereocenters. The molecule has 0 unspecified atom stereocenters. The van der Waals surface area contributed by atoms with Gasteiger partial charge in [-0.25, -0.2) is 23.3 Å². The minimum Gasteiger partial charge on any atom is -0.262 e. The van der Waals surface area contributed by atoms with Crippen LogP contribution in [0, 0.1) is 12.8 Å². The van der Waals surface area contributed by atoms with E-state index in [4.69, 9.17) is 4.98 Å². The first kappa shape index (κ1) is 17.7. The molecule has 0 radical (unpaired) electrons. The molecule has 0 bridgehead atoms. The van der Waals surface area contributed by atoms with Crippen LogP contribution in [0.4, 0.5) is 8.78 Å². The van der Waals surface area contributed by atoms with Crippen LogP contribution in [0.5, 0.6) is 0 Å². The molecule has 0 saturated carbocycles. The molecule has 0 N–H and O–H groups in total. The number of fused-ring (bicyclic) bond motifs is 5. The van der Waals surface area contributed by atoms with Crippen LogP contribution in [0.3, 0.4) is 0 Å². The highest BCUT2D eigenvalue weighted by atomic mass is 32.1. The van der Waals surface area contributed by atoms with Gasteiger partial charge in [0.1, 0.15) is 23.4 Å². The van der Waals surface area contributed by atoms with Gasteiger partial charge in [0.2, 0.25) is 0 Å². The number of aryl methyl sites for hydroxylation is 2. The predicted molar refractivity (Wildman–Crippen MR) is 103 cm³/mol. The third kappa shape index (κ3) is 2.80. The van der Waals surface area contributed by atoms with Gasteiger partial charge in [-0.15, -0.1) is 16.4 Å². The number of aromatic nitrogens is 6. The highest BCUT2D eigenvalue weighted by molar-refractivity contribution is 7.19. The molecular weight excluding hydrogens is 382 g/mol. The Morgan fingerprint density at radius 1 is 1.32 bits per heavy atom. The van der Waals surface area contributed by atoms with Crippen LogP contribution in [0.2, 0.25) is 0 Å². The molecule has 0 aliphatic heterocycles. The molecule has 1 aliphatic rings. The lowest BCUT2D eigenvalue weighted by atomic mass is 9.86. The molecule has 9 heteroatoms. The van der Waals surface area contributed by atoms with Gasteiger partial charge in [-0.3, -0.25) is 4.68 Å². The first-order valence-electron chi connectivity index (χ1n) is 9.50. The number of hydrogen-bond donors (Lipinski definition) is 0. The van der Waals surface area contributed by atoms with Gasteiger partial charge < -0.3 is 0 Å². The quantitative estimate of drug-likeness (QED) is 0.509. The summed E-state index contributed by atoms with van der Waals surface area (Å²) in [6.07, 6.45) is 3.67. The van der Waals surface area contributed by atoms with Crippen molar-refractivity contribution in [2.75, 3.05) is 0 Å². The standard InChI is InChI=1S/C19H20F2N6S/c1-3-11-4-5-12-14(7-11)28-19-16(12)18-23-15(25-27(18)9-22-19)8-26-10(2)6-13(24-26)17(20)21/h6,9,11,17H,3-5,7-8H2,1-2H3/t11-/m0/s1. The molecule has 0 amide bonds. The molecule has 0 saturated heterocycles. The number of thiophene rings is 1. The van der Waals surface area contributed by atoms with Gasteiger partial charge in [0, 0.05) is 10.6 Å². The van der Waals surface area contributed by atoms with Gasteiger partial charge in [0.25, 0.3) is 6.43 Å². The van der Waals surface area contributed by atoms with Crippen LogP contribution in [0.1, 0.15) is 53.8 Å². The summed E-state index contributed by atoms with van der Waals surface area (Å²) in [6.45, 7) is 4.26. The first-order valence-corrected chi connectivity index (χ1v) is 10.3. The summed E-state index contributed by atoms with van der Waals surface area (Å²) < 4.78 is 29.0. The zero-order valence-corrected chi connectivity index (χ0v) is 16.5. The zero-order valence-electron chi connectivity index (χ0n) is 15.7. The van der Waals surface area contributed by atoms with Crippen molar-refractivity contribution in [1.29, 1.82) is 0 Å². The van der Waals surface area contributed by atoms with Crippen molar-refractivity contribution in [2.45, 2.75) is 52.5 Å². The Kier molecular flexibility index (Phi) is 4.15. The molecule has 0 aromatic carbocycles. The van der Waals surface area contributed by atoms with E-state index in [1.807, 2.05) is 0 Å². The van der Waals surface area contributed by atoms with Gasteiger partial charge in [0.15, 0.2) is 11.5 Å². The average Bonchev–Trinajstić information content (AvgIpc) is 3.35. The molecule has 4 aromatic heterocycles. The molecule has 4 aromatic rings. The molecular formula is C19H20F2N6S. The van der Waals surface area contributed by atoms with Crippen LogP contribution >= 0.6 is 11.3 Å². The van der Waals surface area contributed by atoms with Crippen molar-refractivity contribution in [2.24, 2.45) is 5.92 Å². The molecule has 0 spiro atoms. The van der Waals surface area contributed by atoms with Gasteiger partial charge in [-0.2, -0.15) is 5.10 Å². The molecule has 1 aliphatic carbocycles. The smallest absolute Gasteiger partial charge is 0.262 e. The molecule has 5 rings (SSSR count). The van der Waals surface area contributed by atoms with Crippen molar-refractivity contribution in [3.05, 3.63) is 40.0 Å². The van der Waals surface area contributed by atoms with Crippen molar-refractivity contribution < 1.29 is 8.78 Å². The Morgan fingerprint density at radius 3 is 2.93 bits per heavy atom. The summed E-state index contributed by atoms with van der Waals surface area (Å²) in [5.74, 6) is 1.29.